The lowest BCUT2D eigenvalue weighted by Gasteiger charge is -2.13. The van der Waals surface area contributed by atoms with Gasteiger partial charge in [0.05, 0.1) is 11.8 Å². The van der Waals surface area contributed by atoms with Gasteiger partial charge < -0.3 is 10.5 Å². The number of hydrogen-bond acceptors (Lipinski definition) is 4. The van der Waals surface area contributed by atoms with Crippen LogP contribution in [0, 0.1) is 5.82 Å². The van der Waals surface area contributed by atoms with Crippen molar-refractivity contribution >= 4 is 25.0 Å². The van der Waals surface area contributed by atoms with E-state index >= 15 is 0 Å². The van der Waals surface area contributed by atoms with Gasteiger partial charge in [0.1, 0.15) is 13.7 Å². The van der Waals surface area contributed by atoms with Gasteiger partial charge in [-0.3, -0.25) is 0 Å². The molecule has 6 heteroatoms. The largest absolute Gasteiger partial charge is 0.458 e. The molecule has 0 saturated heterocycles. The number of carbonyl (C=O) groups is 1. The number of nitrogens with zero attached hydrogens (tertiary/aromatic N) is 1. The van der Waals surface area contributed by atoms with Crippen LogP contribution in [0.25, 0.3) is 0 Å². The number of aromatic nitrogens is 1. The summed E-state index contributed by atoms with van der Waals surface area (Å²) in [5.41, 5.74) is 7.83. The minimum Gasteiger partial charge on any atom is -0.458 e. The number of carbonyl (C=O) groups excluding carboxylic acids is 1. The van der Waals surface area contributed by atoms with E-state index in [4.69, 9.17) is 18.3 Å². The molecule has 4 nitrogen and oxygen atoms in total. The zero-order valence-electron chi connectivity index (χ0n) is 12.5. The average Bonchev–Trinajstić information content (AvgIpc) is 2.45. The van der Waals surface area contributed by atoms with Crippen molar-refractivity contribution in [3.63, 3.8) is 0 Å². The molecule has 2 aromatic rings. The van der Waals surface area contributed by atoms with Crippen molar-refractivity contribution in [1.82, 2.24) is 4.98 Å². The number of nitrogens with two attached hydrogens (primary N) is 1. The van der Waals surface area contributed by atoms with Crippen LogP contribution in [-0.4, -0.2) is 24.9 Å². The Labute approximate surface area is 129 Å². The lowest BCUT2D eigenvalue weighted by molar-refractivity contribution is 0.0372. The fourth-order valence-corrected chi connectivity index (χ4v) is 1.98. The van der Waals surface area contributed by atoms with Gasteiger partial charge in [-0.25, -0.2) is 14.2 Å². The van der Waals surface area contributed by atoms with Gasteiger partial charge in [-0.15, -0.1) is 0 Å². The molecule has 0 aliphatic rings. The molecule has 0 unspecified atom stereocenters. The highest BCUT2D eigenvalue weighted by atomic mass is 19.1. The van der Waals surface area contributed by atoms with Gasteiger partial charge in [0.15, 0.2) is 5.69 Å². The first kappa shape index (κ1) is 16.0. The molecule has 2 N–H and O–H groups in total. The van der Waals surface area contributed by atoms with Gasteiger partial charge in [-0.05, 0) is 43.5 Å². The monoisotopic (exact) mass is 298 g/mol. The zero-order chi connectivity index (χ0) is 16.3. The Kier molecular flexibility index (Phi) is 4.80. The van der Waals surface area contributed by atoms with E-state index < -0.39 is 5.97 Å². The lowest BCUT2D eigenvalue weighted by atomic mass is 9.86. The first-order chi connectivity index (χ1) is 10.4. The van der Waals surface area contributed by atoms with Crippen molar-refractivity contribution in [3.8, 4) is 0 Å². The van der Waals surface area contributed by atoms with Gasteiger partial charge in [-0.2, -0.15) is 0 Å². The quantitative estimate of drug-likeness (QED) is 0.690. The minimum atomic E-state index is -0.604. The number of anilines is 1. The number of esters is 1. The maximum absolute atomic E-state index is 12.9. The van der Waals surface area contributed by atoms with E-state index in [2.05, 4.69) is 4.98 Å². The molecule has 1 aromatic heterocycles. The van der Waals surface area contributed by atoms with Crippen molar-refractivity contribution in [2.24, 2.45) is 0 Å². The average molecular weight is 298 g/mol. The highest BCUT2D eigenvalue weighted by molar-refractivity contribution is 6.37. The molecule has 1 heterocycles. The van der Waals surface area contributed by atoms with E-state index in [-0.39, 0.29) is 28.8 Å². The fourth-order valence-electron chi connectivity index (χ4n) is 1.98. The van der Waals surface area contributed by atoms with Crippen LogP contribution >= 0.6 is 0 Å². The summed E-state index contributed by atoms with van der Waals surface area (Å²) in [4.78, 5) is 15.9. The number of benzene rings is 1. The molecule has 0 aliphatic carbocycles. The third-order valence-corrected chi connectivity index (χ3v) is 3.08. The normalized spacial score (nSPS) is 10.7. The highest BCUT2D eigenvalue weighted by Crippen LogP contribution is 2.14. The molecule has 0 aliphatic heterocycles. The van der Waals surface area contributed by atoms with E-state index in [9.17, 15) is 9.18 Å². The standard InChI is InChI=1S/C16H16BFN2O2/c1-9(2)22-16(21)15-14(19)13(17)11(8-20-15)7-10-3-5-12(18)6-4-10/h3-6,8-9H,7,19H2,1-2H3. The first-order valence-electron chi connectivity index (χ1n) is 6.86. The molecule has 0 amide bonds. The summed E-state index contributed by atoms with van der Waals surface area (Å²) in [7, 11) is 5.98. The maximum Gasteiger partial charge on any atom is 0.359 e. The van der Waals surface area contributed by atoms with Gasteiger partial charge in [0, 0.05) is 6.20 Å². The molecule has 2 radical (unpaired) electrons. The number of ether oxygens (including phenoxy) is 1. The Balaban J connectivity index is 2.26. The number of rotatable bonds is 4. The molecule has 22 heavy (non-hydrogen) atoms. The molecular weight excluding hydrogens is 282 g/mol. The Hall–Kier alpha value is -2.37. The van der Waals surface area contributed by atoms with Crippen molar-refractivity contribution in [3.05, 3.63) is 53.1 Å². The van der Waals surface area contributed by atoms with E-state index in [1.165, 1.54) is 18.3 Å². The van der Waals surface area contributed by atoms with E-state index in [0.29, 0.717) is 12.0 Å². The summed E-state index contributed by atoms with van der Waals surface area (Å²) in [6.45, 7) is 3.47. The van der Waals surface area contributed by atoms with Crippen LogP contribution in [0.4, 0.5) is 10.1 Å². The second-order valence-corrected chi connectivity index (χ2v) is 5.22. The molecule has 0 saturated carbocycles. The smallest absolute Gasteiger partial charge is 0.359 e. The maximum atomic E-state index is 12.9. The predicted molar refractivity (Wildman–Crippen MR) is 83.8 cm³/mol. The van der Waals surface area contributed by atoms with Crippen LogP contribution in [0.2, 0.25) is 0 Å². The summed E-state index contributed by atoms with van der Waals surface area (Å²) in [6, 6.07) is 6.06. The number of hydrogen-bond donors (Lipinski definition) is 1. The van der Waals surface area contributed by atoms with Crippen LogP contribution in [0.1, 0.15) is 35.5 Å². The highest BCUT2D eigenvalue weighted by Gasteiger charge is 2.17. The summed E-state index contributed by atoms with van der Waals surface area (Å²) in [5, 5.41) is 0. The summed E-state index contributed by atoms with van der Waals surface area (Å²) in [5.74, 6) is -0.909. The first-order valence-corrected chi connectivity index (χ1v) is 6.86. The van der Waals surface area contributed by atoms with E-state index in [0.717, 1.165) is 5.56 Å². The second kappa shape index (κ2) is 6.60. The topological polar surface area (TPSA) is 65.2 Å². The zero-order valence-corrected chi connectivity index (χ0v) is 12.5. The van der Waals surface area contributed by atoms with Crippen LogP contribution in [0.15, 0.2) is 30.5 Å². The van der Waals surface area contributed by atoms with Gasteiger partial charge in [0.25, 0.3) is 0 Å². The number of nitrogen functional groups attached to an aromatic ring is 1. The Morgan fingerprint density at radius 2 is 2.00 bits per heavy atom. The SMILES string of the molecule is [B]c1c(Cc2ccc(F)cc2)cnc(C(=O)OC(C)C)c1N. The van der Waals surface area contributed by atoms with Crippen molar-refractivity contribution in [1.29, 1.82) is 0 Å². The second-order valence-electron chi connectivity index (χ2n) is 5.22. The van der Waals surface area contributed by atoms with E-state index in [1.54, 1.807) is 26.0 Å². The molecule has 1 aromatic carbocycles. The predicted octanol–water partition coefficient (Wildman–Crippen LogP) is 1.75. The van der Waals surface area contributed by atoms with Crippen molar-refractivity contribution < 1.29 is 13.9 Å². The number of pyridine rings is 1. The van der Waals surface area contributed by atoms with Crippen LogP contribution < -0.4 is 11.2 Å². The summed E-state index contributed by atoms with van der Waals surface area (Å²) >= 11 is 0. The Morgan fingerprint density at radius 1 is 1.36 bits per heavy atom. The Bertz CT molecular complexity index is 687. The minimum absolute atomic E-state index is 0.00839. The van der Waals surface area contributed by atoms with Crippen molar-refractivity contribution in [2.45, 2.75) is 26.4 Å². The van der Waals surface area contributed by atoms with Crippen LogP contribution in [0.3, 0.4) is 0 Å². The van der Waals surface area contributed by atoms with Gasteiger partial charge in [-0.1, -0.05) is 17.6 Å². The lowest BCUT2D eigenvalue weighted by Crippen LogP contribution is -2.23. The van der Waals surface area contributed by atoms with Crippen molar-refractivity contribution in [2.75, 3.05) is 5.73 Å². The van der Waals surface area contributed by atoms with Gasteiger partial charge in [0.2, 0.25) is 0 Å². The third-order valence-electron chi connectivity index (χ3n) is 3.08. The fraction of sp³-hybridized carbons (Fsp3) is 0.250. The molecule has 0 spiro atoms. The van der Waals surface area contributed by atoms with Crippen LogP contribution in [0.5, 0.6) is 0 Å². The number of halogens is 1. The molecule has 0 fully saturated rings. The molecule has 112 valence electrons. The molecule has 0 atom stereocenters. The Morgan fingerprint density at radius 3 is 2.59 bits per heavy atom. The summed E-state index contributed by atoms with van der Waals surface area (Å²) < 4.78 is 18.0. The molecule has 2 rings (SSSR count). The van der Waals surface area contributed by atoms with E-state index in [1.807, 2.05) is 0 Å². The molecule has 0 bridgehead atoms. The van der Waals surface area contributed by atoms with Gasteiger partial charge >= 0.3 is 5.97 Å². The van der Waals surface area contributed by atoms with Crippen LogP contribution in [-0.2, 0) is 11.2 Å². The third kappa shape index (κ3) is 3.64. The summed E-state index contributed by atoms with van der Waals surface area (Å²) in [6.07, 6.45) is 1.67. The molecular formula is C16H16BFN2O2.